The third kappa shape index (κ3) is 3.81. The van der Waals surface area contributed by atoms with Gasteiger partial charge >= 0.3 is 5.97 Å². The molecule has 6 nitrogen and oxygen atoms in total. The summed E-state index contributed by atoms with van der Waals surface area (Å²) in [6.07, 6.45) is 1.40. The number of benzene rings is 1. The molecule has 0 aliphatic carbocycles. The third-order valence-corrected chi connectivity index (χ3v) is 2.89. The van der Waals surface area contributed by atoms with E-state index in [2.05, 4.69) is 23.9 Å². The van der Waals surface area contributed by atoms with Crippen LogP contribution in [0.2, 0.25) is 0 Å². The third-order valence-electron chi connectivity index (χ3n) is 2.89. The van der Waals surface area contributed by atoms with Crippen LogP contribution >= 0.6 is 0 Å². The summed E-state index contributed by atoms with van der Waals surface area (Å²) >= 11 is 0. The van der Waals surface area contributed by atoms with E-state index in [1.165, 1.54) is 16.6 Å². The minimum absolute atomic E-state index is 0.00821. The van der Waals surface area contributed by atoms with Crippen LogP contribution in [0.5, 0.6) is 0 Å². The standard InChI is InChI=1S/C14H18N4O2/c1-10(2)12-5-3-11(4-6-12)8-20-13(19)7-18-9-16-14(15)17-18/h3-6,9-10H,7-8H2,1-2H3,(H2,15,17). The van der Waals surface area contributed by atoms with Gasteiger partial charge in [0.25, 0.3) is 0 Å². The van der Waals surface area contributed by atoms with Crippen LogP contribution < -0.4 is 5.73 Å². The highest BCUT2D eigenvalue weighted by Gasteiger charge is 2.07. The normalized spacial score (nSPS) is 10.8. The van der Waals surface area contributed by atoms with Gasteiger partial charge in [0.1, 0.15) is 19.5 Å². The monoisotopic (exact) mass is 274 g/mol. The van der Waals surface area contributed by atoms with E-state index in [-0.39, 0.29) is 25.1 Å². The highest BCUT2D eigenvalue weighted by atomic mass is 16.5. The molecule has 1 aromatic heterocycles. The van der Waals surface area contributed by atoms with E-state index in [9.17, 15) is 4.79 Å². The Morgan fingerprint density at radius 3 is 2.60 bits per heavy atom. The van der Waals surface area contributed by atoms with Crippen LogP contribution in [0, 0.1) is 0 Å². The number of carbonyl (C=O) groups excluding carboxylic acids is 1. The largest absolute Gasteiger partial charge is 0.459 e. The number of nitrogen functional groups attached to an aromatic ring is 1. The summed E-state index contributed by atoms with van der Waals surface area (Å²) in [4.78, 5) is 15.4. The van der Waals surface area contributed by atoms with Crippen LogP contribution in [-0.2, 0) is 22.7 Å². The molecule has 0 radical (unpaired) electrons. The summed E-state index contributed by atoms with van der Waals surface area (Å²) in [5, 5.41) is 3.82. The predicted molar refractivity (Wildman–Crippen MR) is 74.8 cm³/mol. The van der Waals surface area contributed by atoms with Crippen molar-refractivity contribution in [2.45, 2.75) is 32.9 Å². The molecule has 1 heterocycles. The van der Waals surface area contributed by atoms with Crippen molar-refractivity contribution in [3.05, 3.63) is 41.7 Å². The van der Waals surface area contributed by atoms with Crippen molar-refractivity contribution in [2.75, 3.05) is 5.73 Å². The molecule has 2 aromatic rings. The highest BCUT2D eigenvalue weighted by molar-refractivity contribution is 5.69. The molecule has 20 heavy (non-hydrogen) atoms. The lowest BCUT2D eigenvalue weighted by Gasteiger charge is -2.08. The first kappa shape index (κ1) is 14.0. The number of nitrogens with zero attached hydrogens (tertiary/aromatic N) is 3. The van der Waals surface area contributed by atoms with Crippen molar-refractivity contribution < 1.29 is 9.53 Å². The molecule has 1 aromatic carbocycles. The first-order chi connectivity index (χ1) is 9.54. The second-order valence-corrected chi connectivity index (χ2v) is 4.86. The van der Waals surface area contributed by atoms with Crippen molar-refractivity contribution in [3.63, 3.8) is 0 Å². The van der Waals surface area contributed by atoms with Crippen LogP contribution in [0.15, 0.2) is 30.6 Å². The number of nitrogens with two attached hydrogens (primary N) is 1. The fourth-order valence-corrected chi connectivity index (χ4v) is 1.73. The molecule has 0 atom stereocenters. The Balaban J connectivity index is 1.83. The lowest BCUT2D eigenvalue weighted by atomic mass is 10.0. The van der Waals surface area contributed by atoms with Crippen LogP contribution in [0.3, 0.4) is 0 Å². The van der Waals surface area contributed by atoms with Gasteiger partial charge in [-0.3, -0.25) is 4.79 Å². The number of anilines is 1. The number of aromatic nitrogens is 3. The zero-order valence-electron chi connectivity index (χ0n) is 11.6. The number of hydrogen-bond acceptors (Lipinski definition) is 5. The smallest absolute Gasteiger partial charge is 0.328 e. The van der Waals surface area contributed by atoms with Gasteiger partial charge in [-0.1, -0.05) is 38.1 Å². The zero-order valence-corrected chi connectivity index (χ0v) is 11.6. The van der Waals surface area contributed by atoms with Gasteiger partial charge in [0.15, 0.2) is 0 Å². The second kappa shape index (κ2) is 6.18. The Morgan fingerprint density at radius 1 is 1.35 bits per heavy atom. The van der Waals surface area contributed by atoms with Gasteiger partial charge in [0.05, 0.1) is 0 Å². The Morgan fingerprint density at radius 2 is 2.05 bits per heavy atom. The van der Waals surface area contributed by atoms with Crippen LogP contribution in [-0.4, -0.2) is 20.7 Å². The van der Waals surface area contributed by atoms with Crippen molar-refractivity contribution in [2.24, 2.45) is 0 Å². The van der Waals surface area contributed by atoms with E-state index < -0.39 is 0 Å². The molecule has 0 aliphatic rings. The fourth-order valence-electron chi connectivity index (χ4n) is 1.73. The van der Waals surface area contributed by atoms with Gasteiger partial charge in [-0.05, 0) is 17.0 Å². The lowest BCUT2D eigenvalue weighted by Crippen LogP contribution is -2.14. The SMILES string of the molecule is CC(C)c1ccc(COC(=O)Cn2cnc(N)n2)cc1. The number of ether oxygens (including phenoxy) is 1. The maximum atomic E-state index is 11.6. The van der Waals surface area contributed by atoms with Crippen LogP contribution in [0.25, 0.3) is 0 Å². The van der Waals surface area contributed by atoms with E-state index in [4.69, 9.17) is 10.5 Å². The molecule has 0 amide bonds. The highest BCUT2D eigenvalue weighted by Crippen LogP contribution is 2.15. The van der Waals surface area contributed by atoms with Crippen molar-refractivity contribution >= 4 is 11.9 Å². The summed E-state index contributed by atoms with van der Waals surface area (Å²) in [6.45, 7) is 4.54. The van der Waals surface area contributed by atoms with Gasteiger partial charge in [0, 0.05) is 0 Å². The Hall–Kier alpha value is -2.37. The molecule has 6 heteroatoms. The van der Waals surface area contributed by atoms with Gasteiger partial charge in [-0.15, -0.1) is 5.10 Å². The molecule has 0 aliphatic heterocycles. The summed E-state index contributed by atoms with van der Waals surface area (Å²) in [7, 11) is 0. The maximum Gasteiger partial charge on any atom is 0.328 e. The van der Waals surface area contributed by atoms with E-state index in [0.717, 1.165) is 5.56 Å². The number of carbonyl (C=O) groups is 1. The van der Waals surface area contributed by atoms with Gasteiger partial charge < -0.3 is 10.5 Å². The van der Waals surface area contributed by atoms with Crippen LogP contribution in [0.1, 0.15) is 30.9 Å². The first-order valence-electron chi connectivity index (χ1n) is 6.44. The summed E-state index contributed by atoms with van der Waals surface area (Å²) in [6, 6.07) is 8.03. The van der Waals surface area contributed by atoms with Crippen molar-refractivity contribution in [1.29, 1.82) is 0 Å². The molecule has 0 bridgehead atoms. The molecule has 0 saturated heterocycles. The van der Waals surface area contributed by atoms with E-state index in [1.54, 1.807) is 0 Å². The molecule has 2 rings (SSSR count). The quantitative estimate of drug-likeness (QED) is 0.839. The van der Waals surface area contributed by atoms with Crippen LogP contribution in [0.4, 0.5) is 5.95 Å². The molecular weight excluding hydrogens is 256 g/mol. The summed E-state index contributed by atoms with van der Waals surface area (Å²) in [5.41, 5.74) is 7.58. The van der Waals surface area contributed by atoms with Crippen molar-refractivity contribution in [1.82, 2.24) is 14.8 Å². The molecule has 2 N–H and O–H groups in total. The van der Waals surface area contributed by atoms with Gasteiger partial charge in [-0.25, -0.2) is 9.67 Å². The molecule has 0 fully saturated rings. The number of esters is 1. The minimum atomic E-state index is -0.372. The average molecular weight is 274 g/mol. The first-order valence-corrected chi connectivity index (χ1v) is 6.44. The summed E-state index contributed by atoms with van der Waals surface area (Å²) in [5.74, 6) is 0.259. The van der Waals surface area contributed by atoms with E-state index in [0.29, 0.717) is 5.92 Å². The molecule has 0 spiro atoms. The average Bonchev–Trinajstić information content (AvgIpc) is 2.82. The van der Waals surface area contributed by atoms with Crippen molar-refractivity contribution in [3.8, 4) is 0 Å². The fraction of sp³-hybridized carbons (Fsp3) is 0.357. The number of hydrogen-bond donors (Lipinski definition) is 1. The lowest BCUT2D eigenvalue weighted by molar-refractivity contribution is -0.145. The molecule has 106 valence electrons. The second-order valence-electron chi connectivity index (χ2n) is 4.86. The Labute approximate surface area is 117 Å². The molecule has 0 saturated carbocycles. The predicted octanol–water partition coefficient (Wildman–Crippen LogP) is 1.73. The Bertz CT molecular complexity index is 575. The van der Waals surface area contributed by atoms with Gasteiger partial charge in [-0.2, -0.15) is 0 Å². The molecule has 0 unspecified atom stereocenters. The van der Waals surface area contributed by atoms with E-state index >= 15 is 0 Å². The minimum Gasteiger partial charge on any atom is -0.459 e. The summed E-state index contributed by atoms with van der Waals surface area (Å²) < 4.78 is 6.52. The topological polar surface area (TPSA) is 83.0 Å². The number of rotatable bonds is 5. The van der Waals surface area contributed by atoms with Gasteiger partial charge in [0.2, 0.25) is 5.95 Å². The van der Waals surface area contributed by atoms with E-state index in [1.807, 2.05) is 24.3 Å². The zero-order chi connectivity index (χ0) is 14.5. The maximum absolute atomic E-state index is 11.6. The molecular formula is C14H18N4O2. The Kier molecular flexibility index (Phi) is 4.34.